The van der Waals surface area contributed by atoms with Crippen LogP contribution in [0.1, 0.15) is 19.6 Å². The zero-order chi connectivity index (χ0) is 23.1. The van der Waals surface area contributed by atoms with E-state index in [4.69, 9.17) is 16.3 Å². The van der Waals surface area contributed by atoms with Crippen LogP contribution in [0, 0.1) is 0 Å². The van der Waals surface area contributed by atoms with Crippen molar-refractivity contribution in [2.24, 2.45) is 0 Å². The van der Waals surface area contributed by atoms with Crippen molar-refractivity contribution in [3.8, 4) is 0 Å². The highest BCUT2D eigenvalue weighted by molar-refractivity contribution is 8.01. The summed E-state index contributed by atoms with van der Waals surface area (Å²) in [6, 6.07) is 7.99. The summed E-state index contributed by atoms with van der Waals surface area (Å²) >= 11 is 9.43. The number of ether oxygens (including phenoxy) is 1. The van der Waals surface area contributed by atoms with Crippen LogP contribution in [0.25, 0.3) is 21.4 Å². The number of para-hydroxylation sites is 1. The minimum absolute atomic E-state index is 0.00154. The summed E-state index contributed by atoms with van der Waals surface area (Å²) < 4.78 is 9.16. The van der Waals surface area contributed by atoms with E-state index in [1.165, 1.54) is 10.9 Å². The number of rotatable bonds is 7. The maximum atomic E-state index is 10.4. The number of aromatic nitrogens is 5. The molecule has 174 valence electrons. The highest BCUT2D eigenvalue weighted by Crippen LogP contribution is 2.36. The van der Waals surface area contributed by atoms with Crippen molar-refractivity contribution in [3.63, 3.8) is 0 Å². The molecule has 33 heavy (non-hydrogen) atoms. The fourth-order valence-corrected chi connectivity index (χ4v) is 6.08. The van der Waals surface area contributed by atoms with Crippen molar-refractivity contribution >= 4 is 61.9 Å². The number of aliphatic hydroxyl groups excluding tert-OH is 3. The van der Waals surface area contributed by atoms with Gasteiger partial charge < -0.3 is 25.4 Å². The van der Waals surface area contributed by atoms with Crippen molar-refractivity contribution in [1.29, 1.82) is 0 Å². The van der Waals surface area contributed by atoms with E-state index in [1.807, 2.05) is 24.3 Å². The smallest absolute Gasteiger partial charge is 0.226 e. The number of benzene rings is 1. The minimum atomic E-state index is -1.26. The van der Waals surface area contributed by atoms with Crippen molar-refractivity contribution < 1.29 is 20.1 Å². The molecule has 1 aliphatic heterocycles. The van der Waals surface area contributed by atoms with Crippen LogP contribution < -0.4 is 5.32 Å². The Bertz CT molecular complexity index is 1250. The standard InChI is InChI=1S/C20H21ClN6O4S2/c1-2-12(33-20-23-9-5-3-4-6-11(9)32-20)24-16-13-17(26-19(21)25-16)27(8-22-13)18-15(30)14(29)10(7-28)31-18/h3-6,8,10,12,14-15,18,28-30H,2,7H2,1H3,(H,24,25,26)/t10-,12+,14-,15-,18-/m1/s1. The van der Waals surface area contributed by atoms with Crippen LogP contribution >= 0.6 is 34.7 Å². The van der Waals surface area contributed by atoms with E-state index in [2.05, 4.69) is 32.2 Å². The molecule has 0 aliphatic carbocycles. The Hall–Kier alpha value is -2.06. The third-order valence-electron chi connectivity index (χ3n) is 5.37. The molecule has 0 spiro atoms. The summed E-state index contributed by atoms with van der Waals surface area (Å²) in [6.07, 6.45) is -2.15. The van der Waals surface area contributed by atoms with Gasteiger partial charge in [0, 0.05) is 0 Å². The molecule has 0 radical (unpaired) electrons. The first kappa shape index (κ1) is 22.7. The third kappa shape index (κ3) is 4.28. The van der Waals surface area contributed by atoms with Crippen molar-refractivity contribution in [2.45, 2.75) is 47.6 Å². The van der Waals surface area contributed by atoms with Gasteiger partial charge in [-0.05, 0) is 30.2 Å². The van der Waals surface area contributed by atoms with Gasteiger partial charge in [-0.2, -0.15) is 9.97 Å². The largest absolute Gasteiger partial charge is 0.394 e. The summed E-state index contributed by atoms with van der Waals surface area (Å²) in [5, 5.41) is 33.2. The third-order valence-corrected chi connectivity index (χ3v) is 7.94. The van der Waals surface area contributed by atoms with E-state index >= 15 is 0 Å². The molecule has 0 saturated carbocycles. The molecule has 1 fully saturated rings. The predicted octanol–water partition coefficient (Wildman–Crippen LogP) is 2.64. The number of anilines is 1. The molecule has 10 nitrogen and oxygen atoms in total. The van der Waals surface area contributed by atoms with Crippen LogP contribution in [0.15, 0.2) is 34.9 Å². The number of nitrogens with one attached hydrogen (secondary N) is 1. The van der Waals surface area contributed by atoms with Crippen LogP contribution in [0.4, 0.5) is 5.82 Å². The molecule has 4 N–H and O–H groups in total. The second-order valence-corrected chi connectivity index (χ2v) is 10.3. The average molecular weight is 509 g/mol. The second kappa shape index (κ2) is 9.29. The summed E-state index contributed by atoms with van der Waals surface area (Å²) in [6.45, 7) is 1.63. The number of fused-ring (bicyclic) bond motifs is 2. The molecule has 13 heteroatoms. The number of hydrogen-bond acceptors (Lipinski definition) is 11. The first-order valence-electron chi connectivity index (χ1n) is 10.3. The lowest BCUT2D eigenvalue weighted by Crippen LogP contribution is -2.33. The summed E-state index contributed by atoms with van der Waals surface area (Å²) in [5.74, 6) is 0.441. The maximum Gasteiger partial charge on any atom is 0.226 e. The highest BCUT2D eigenvalue weighted by Gasteiger charge is 2.44. The minimum Gasteiger partial charge on any atom is -0.394 e. The molecular weight excluding hydrogens is 488 g/mol. The number of nitrogens with zero attached hydrogens (tertiary/aromatic N) is 5. The Balaban J connectivity index is 1.43. The molecule has 3 aromatic heterocycles. The molecule has 0 unspecified atom stereocenters. The van der Waals surface area contributed by atoms with E-state index in [0.717, 1.165) is 21.0 Å². The highest BCUT2D eigenvalue weighted by atomic mass is 35.5. The Labute approximate surface area is 201 Å². The van der Waals surface area contributed by atoms with E-state index in [-0.39, 0.29) is 10.7 Å². The number of thiazole rings is 1. The number of aliphatic hydroxyl groups is 3. The van der Waals surface area contributed by atoms with E-state index in [1.54, 1.807) is 23.1 Å². The second-order valence-electron chi connectivity index (χ2n) is 7.50. The number of hydrogen-bond donors (Lipinski definition) is 4. The monoisotopic (exact) mass is 508 g/mol. The number of imidazole rings is 1. The molecule has 5 atom stereocenters. The zero-order valence-corrected chi connectivity index (χ0v) is 19.8. The first-order valence-corrected chi connectivity index (χ1v) is 12.4. The fraction of sp³-hybridized carbons (Fsp3) is 0.400. The Morgan fingerprint density at radius 1 is 1.24 bits per heavy atom. The molecule has 5 rings (SSSR count). The zero-order valence-electron chi connectivity index (χ0n) is 17.4. The molecule has 4 heterocycles. The maximum absolute atomic E-state index is 10.4. The SMILES string of the molecule is CC[C@@H](Nc1nc(Cl)nc2c1ncn2[C@@H]1O[C@H](CO)[C@@H](O)[C@H]1O)Sc1nc2ccccc2s1. The van der Waals surface area contributed by atoms with Gasteiger partial charge in [0.2, 0.25) is 5.28 Å². The molecular formula is C20H21ClN6O4S2. The molecule has 4 aromatic rings. The normalized spacial score (nSPS) is 24.0. The topological polar surface area (TPSA) is 138 Å². The van der Waals surface area contributed by atoms with Crippen molar-refractivity contribution in [2.75, 3.05) is 11.9 Å². The molecule has 1 saturated heterocycles. The van der Waals surface area contributed by atoms with Crippen LogP contribution in [-0.4, -0.2) is 70.1 Å². The van der Waals surface area contributed by atoms with Crippen LogP contribution in [0.5, 0.6) is 0 Å². The van der Waals surface area contributed by atoms with Gasteiger partial charge in [-0.1, -0.05) is 30.8 Å². The summed E-state index contributed by atoms with van der Waals surface area (Å²) in [7, 11) is 0. The summed E-state index contributed by atoms with van der Waals surface area (Å²) in [4.78, 5) is 17.7. The van der Waals surface area contributed by atoms with Gasteiger partial charge in [0.05, 0.1) is 28.5 Å². The van der Waals surface area contributed by atoms with Crippen LogP contribution in [0.2, 0.25) is 5.28 Å². The Morgan fingerprint density at radius 2 is 2.06 bits per heavy atom. The van der Waals surface area contributed by atoms with Gasteiger partial charge in [0.25, 0.3) is 0 Å². The lowest BCUT2D eigenvalue weighted by molar-refractivity contribution is -0.0511. The number of thioether (sulfide) groups is 1. The lowest BCUT2D eigenvalue weighted by Gasteiger charge is -2.18. The van der Waals surface area contributed by atoms with Gasteiger partial charge in [-0.25, -0.2) is 9.97 Å². The van der Waals surface area contributed by atoms with Crippen LogP contribution in [-0.2, 0) is 4.74 Å². The predicted molar refractivity (Wildman–Crippen MR) is 127 cm³/mol. The van der Waals surface area contributed by atoms with Gasteiger partial charge in [0.15, 0.2) is 27.5 Å². The molecule has 1 aromatic carbocycles. The Morgan fingerprint density at radius 3 is 2.79 bits per heavy atom. The van der Waals surface area contributed by atoms with E-state index in [9.17, 15) is 15.3 Å². The fourth-order valence-electron chi connectivity index (χ4n) is 3.68. The molecule has 0 amide bonds. The van der Waals surface area contributed by atoms with E-state index < -0.39 is 31.1 Å². The lowest BCUT2D eigenvalue weighted by atomic mass is 10.1. The van der Waals surface area contributed by atoms with Crippen LogP contribution in [0.3, 0.4) is 0 Å². The molecule has 0 bridgehead atoms. The van der Waals surface area contributed by atoms with Gasteiger partial charge in [0.1, 0.15) is 18.3 Å². The average Bonchev–Trinajstić information content (AvgIpc) is 3.49. The molecule has 1 aliphatic rings. The van der Waals surface area contributed by atoms with Gasteiger partial charge >= 0.3 is 0 Å². The van der Waals surface area contributed by atoms with Crippen molar-refractivity contribution in [3.05, 3.63) is 35.9 Å². The van der Waals surface area contributed by atoms with Gasteiger partial charge in [-0.15, -0.1) is 11.3 Å². The first-order chi connectivity index (χ1) is 16.0. The van der Waals surface area contributed by atoms with E-state index in [0.29, 0.717) is 17.0 Å². The Kier molecular flexibility index (Phi) is 6.40. The number of halogens is 1. The summed E-state index contributed by atoms with van der Waals surface area (Å²) in [5.41, 5.74) is 1.75. The van der Waals surface area contributed by atoms with Crippen molar-refractivity contribution in [1.82, 2.24) is 24.5 Å². The van der Waals surface area contributed by atoms with Gasteiger partial charge in [-0.3, -0.25) is 4.57 Å². The quantitative estimate of drug-likeness (QED) is 0.167.